The summed E-state index contributed by atoms with van der Waals surface area (Å²) < 4.78 is 0. The van der Waals surface area contributed by atoms with Gasteiger partial charge in [-0.05, 0) is 49.6 Å². The molecule has 2 heteroatoms. The van der Waals surface area contributed by atoms with Crippen LogP contribution in [-0.4, -0.2) is 6.54 Å². The largest absolute Gasteiger partial charge is 0.399 e. The average Bonchev–Trinajstić information content (AvgIpc) is 2.03. The number of nitrogen functional groups attached to an aromatic ring is 1. The fourth-order valence-corrected chi connectivity index (χ4v) is 1.29. The Labute approximate surface area is 73.6 Å². The van der Waals surface area contributed by atoms with E-state index in [2.05, 4.69) is 13.0 Å². The van der Waals surface area contributed by atoms with Gasteiger partial charge in [-0.1, -0.05) is 6.07 Å². The number of anilines is 1. The number of aryl methyl sites for hydroxylation is 2. The minimum atomic E-state index is 0.754. The molecule has 66 valence electrons. The zero-order chi connectivity index (χ0) is 8.97. The zero-order valence-corrected chi connectivity index (χ0v) is 7.51. The molecule has 0 saturated carbocycles. The summed E-state index contributed by atoms with van der Waals surface area (Å²) in [5.41, 5.74) is 14.5. The van der Waals surface area contributed by atoms with Crippen molar-refractivity contribution in [3.63, 3.8) is 0 Å². The highest BCUT2D eigenvalue weighted by atomic mass is 14.5. The molecule has 4 N–H and O–H groups in total. The number of hydrogen-bond acceptors (Lipinski definition) is 2. The molecular weight excluding hydrogens is 148 g/mol. The molecule has 12 heavy (non-hydrogen) atoms. The van der Waals surface area contributed by atoms with Gasteiger partial charge in [0.15, 0.2) is 0 Å². The van der Waals surface area contributed by atoms with E-state index in [0.717, 1.165) is 25.1 Å². The monoisotopic (exact) mass is 164 g/mol. The lowest BCUT2D eigenvalue weighted by molar-refractivity contribution is 0.828. The molecule has 1 rings (SSSR count). The molecule has 0 atom stereocenters. The van der Waals surface area contributed by atoms with Crippen molar-refractivity contribution < 1.29 is 0 Å². The van der Waals surface area contributed by atoms with E-state index in [1.54, 1.807) is 0 Å². The Morgan fingerprint density at radius 3 is 2.67 bits per heavy atom. The summed E-state index contributed by atoms with van der Waals surface area (Å²) >= 11 is 0. The Kier molecular flexibility index (Phi) is 3.11. The lowest BCUT2D eigenvalue weighted by atomic mass is 10.0. The zero-order valence-electron chi connectivity index (χ0n) is 7.51. The van der Waals surface area contributed by atoms with E-state index in [-0.39, 0.29) is 0 Å². The smallest absolute Gasteiger partial charge is 0.0316 e. The molecule has 0 aromatic heterocycles. The maximum absolute atomic E-state index is 5.63. The molecule has 0 aliphatic rings. The first-order valence-electron chi connectivity index (χ1n) is 4.29. The van der Waals surface area contributed by atoms with Crippen LogP contribution in [0.25, 0.3) is 0 Å². The van der Waals surface area contributed by atoms with Crippen LogP contribution >= 0.6 is 0 Å². The van der Waals surface area contributed by atoms with Crippen LogP contribution in [0.15, 0.2) is 18.2 Å². The third-order valence-corrected chi connectivity index (χ3v) is 2.02. The molecule has 0 aliphatic carbocycles. The molecule has 0 unspecified atom stereocenters. The van der Waals surface area contributed by atoms with E-state index in [9.17, 15) is 0 Å². The third kappa shape index (κ3) is 2.24. The maximum atomic E-state index is 5.63. The molecule has 0 amide bonds. The van der Waals surface area contributed by atoms with Crippen molar-refractivity contribution in [2.24, 2.45) is 5.73 Å². The Morgan fingerprint density at radius 1 is 1.33 bits per heavy atom. The van der Waals surface area contributed by atoms with Gasteiger partial charge >= 0.3 is 0 Å². The lowest BCUT2D eigenvalue weighted by Gasteiger charge is -2.05. The first kappa shape index (κ1) is 9.07. The summed E-state index contributed by atoms with van der Waals surface area (Å²) in [6, 6.07) is 6.03. The standard InChI is InChI=1S/C10H16N2/c1-8-7-10(12)5-4-9(8)3-2-6-11/h4-5,7H,2-3,6,11-12H2,1H3. The van der Waals surface area contributed by atoms with Gasteiger partial charge in [0.25, 0.3) is 0 Å². The highest BCUT2D eigenvalue weighted by molar-refractivity contribution is 5.44. The van der Waals surface area contributed by atoms with Crippen molar-refractivity contribution in [1.82, 2.24) is 0 Å². The van der Waals surface area contributed by atoms with Crippen LogP contribution in [0.4, 0.5) is 5.69 Å². The van der Waals surface area contributed by atoms with Crippen molar-refractivity contribution in [2.75, 3.05) is 12.3 Å². The van der Waals surface area contributed by atoms with Gasteiger partial charge in [0.1, 0.15) is 0 Å². The summed E-state index contributed by atoms with van der Waals surface area (Å²) in [4.78, 5) is 0. The van der Waals surface area contributed by atoms with E-state index in [1.807, 2.05) is 12.1 Å². The fraction of sp³-hybridized carbons (Fsp3) is 0.400. The molecule has 1 aromatic rings. The van der Waals surface area contributed by atoms with Crippen molar-refractivity contribution in [3.8, 4) is 0 Å². The van der Waals surface area contributed by atoms with Crippen LogP contribution in [0.3, 0.4) is 0 Å². The fourth-order valence-electron chi connectivity index (χ4n) is 1.29. The number of benzene rings is 1. The number of hydrogen-bond donors (Lipinski definition) is 2. The molecule has 0 spiro atoms. The van der Waals surface area contributed by atoms with Crippen molar-refractivity contribution in [3.05, 3.63) is 29.3 Å². The van der Waals surface area contributed by atoms with Crippen LogP contribution in [0.5, 0.6) is 0 Å². The minimum absolute atomic E-state index is 0.754. The van der Waals surface area contributed by atoms with E-state index < -0.39 is 0 Å². The number of rotatable bonds is 3. The minimum Gasteiger partial charge on any atom is -0.399 e. The predicted molar refractivity (Wildman–Crippen MR) is 53.0 cm³/mol. The predicted octanol–water partition coefficient (Wildman–Crippen LogP) is 1.47. The van der Waals surface area contributed by atoms with Crippen molar-refractivity contribution >= 4 is 5.69 Å². The van der Waals surface area contributed by atoms with E-state index >= 15 is 0 Å². The van der Waals surface area contributed by atoms with Gasteiger partial charge in [-0.3, -0.25) is 0 Å². The Hall–Kier alpha value is -1.02. The van der Waals surface area contributed by atoms with E-state index in [1.165, 1.54) is 11.1 Å². The molecule has 2 nitrogen and oxygen atoms in total. The Morgan fingerprint density at radius 2 is 2.08 bits per heavy atom. The van der Waals surface area contributed by atoms with Gasteiger partial charge in [0.05, 0.1) is 0 Å². The molecule has 0 bridgehead atoms. The van der Waals surface area contributed by atoms with Gasteiger partial charge in [0, 0.05) is 5.69 Å². The van der Waals surface area contributed by atoms with Crippen molar-refractivity contribution in [1.29, 1.82) is 0 Å². The van der Waals surface area contributed by atoms with Crippen molar-refractivity contribution in [2.45, 2.75) is 19.8 Å². The summed E-state index contributed by atoms with van der Waals surface area (Å²) in [6.07, 6.45) is 2.10. The number of nitrogens with two attached hydrogens (primary N) is 2. The highest BCUT2D eigenvalue weighted by Crippen LogP contribution is 2.13. The summed E-state index contributed by atoms with van der Waals surface area (Å²) in [6.45, 7) is 2.84. The Bertz CT molecular complexity index is 256. The van der Waals surface area contributed by atoms with Crippen LogP contribution in [0.2, 0.25) is 0 Å². The second-order valence-corrected chi connectivity index (χ2v) is 3.08. The summed E-state index contributed by atoms with van der Waals surface area (Å²) in [5, 5.41) is 0. The van der Waals surface area contributed by atoms with E-state index in [0.29, 0.717) is 0 Å². The second-order valence-electron chi connectivity index (χ2n) is 3.08. The van der Waals surface area contributed by atoms with E-state index in [4.69, 9.17) is 11.5 Å². The van der Waals surface area contributed by atoms with Gasteiger partial charge in [-0.25, -0.2) is 0 Å². The van der Waals surface area contributed by atoms with Gasteiger partial charge in [-0.15, -0.1) is 0 Å². The average molecular weight is 164 g/mol. The maximum Gasteiger partial charge on any atom is 0.0316 e. The molecule has 1 aromatic carbocycles. The second kappa shape index (κ2) is 4.12. The quantitative estimate of drug-likeness (QED) is 0.665. The first-order chi connectivity index (χ1) is 5.74. The van der Waals surface area contributed by atoms with Gasteiger partial charge in [-0.2, -0.15) is 0 Å². The topological polar surface area (TPSA) is 52.0 Å². The third-order valence-electron chi connectivity index (χ3n) is 2.02. The molecule has 0 heterocycles. The van der Waals surface area contributed by atoms with Crippen LogP contribution in [0, 0.1) is 6.92 Å². The highest BCUT2D eigenvalue weighted by Gasteiger charge is 1.97. The normalized spacial score (nSPS) is 10.2. The lowest BCUT2D eigenvalue weighted by Crippen LogP contribution is -2.01. The Balaban J connectivity index is 2.72. The molecule has 0 radical (unpaired) electrons. The van der Waals surface area contributed by atoms with Gasteiger partial charge < -0.3 is 11.5 Å². The SMILES string of the molecule is Cc1cc(N)ccc1CCCN. The molecule has 0 saturated heterocycles. The van der Waals surface area contributed by atoms with Crippen LogP contribution in [-0.2, 0) is 6.42 Å². The van der Waals surface area contributed by atoms with Crippen LogP contribution < -0.4 is 11.5 Å². The van der Waals surface area contributed by atoms with Gasteiger partial charge in [0.2, 0.25) is 0 Å². The first-order valence-corrected chi connectivity index (χ1v) is 4.29. The summed E-state index contributed by atoms with van der Waals surface area (Å²) in [5.74, 6) is 0. The summed E-state index contributed by atoms with van der Waals surface area (Å²) in [7, 11) is 0. The molecule has 0 fully saturated rings. The molecular formula is C10H16N2. The van der Waals surface area contributed by atoms with Crippen LogP contribution in [0.1, 0.15) is 17.5 Å². The molecule has 0 aliphatic heterocycles.